The lowest BCUT2D eigenvalue weighted by molar-refractivity contribution is -0.0164. The second-order valence-corrected chi connectivity index (χ2v) is 5.63. The third kappa shape index (κ3) is 6.08. The van der Waals surface area contributed by atoms with Crippen LogP contribution >= 0.6 is 0 Å². The van der Waals surface area contributed by atoms with E-state index in [1.165, 1.54) is 5.56 Å². The van der Waals surface area contributed by atoms with Gasteiger partial charge in [0, 0.05) is 11.6 Å². The quantitative estimate of drug-likeness (QED) is 0.765. The fourth-order valence-corrected chi connectivity index (χ4v) is 1.89. The number of ether oxygens (including phenoxy) is 2. The number of hydrogen-bond donors (Lipinski definition) is 1. The molecule has 0 radical (unpaired) electrons. The van der Waals surface area contributed by atoms with Crippen LogP contribution in [0.3, 0.4) is 0 Å². The average Bonchev–Trinajstić information content (AvgIpc) is 2.34. The number of nitrogens with one attached hydrogen (secondary N) is 1. The standard InChI is InChI=1S/C16H27NO2/c1-6-17-13(2)14-9-7-8-10-15(14)18-11-12-19-16(3,4)5/h7-10,13,17H,6,11-12H2,1-5H3. The van der Waals surface area contributed by atoms with Gasteiger partial charge in [-0.1, -0.05) is 25.1 Å². The first-order valence-corrected chi connectivity index (χ1v) is 7.03. The molecule has 0 saturated carbocycles. The van der Waals surface area contributed by atoms with E-state index in [0.717, 1.165) is 12.3 Å². The highest BCUT2D eigenvalue weighted by Gasteiger charge is 2.12. The first-order chi connectivity index (χ1) is 8.94. The molecule has 0 spiro atoms. The molecule has 0 aliphatic heterocycles. The van der Waals surface area contributed by atoms with Gasteiger partial charge in [0.25, 0.3) is 0 Å². The van der Waals surface area contributed by atoms with E-state index in [9.17, 15) is 0 Å². The summed E-state index contributed by atoms with van der Waals surface area (Å²) in [5.41, 5.74) is 1.08. The van der Waals surface area contributed by atoms with E-state index >= 15 is 0 Å². The van der Waals surface area contributed by atoms with Gasteiger partial charge in [0.05, 0.1) is 12.2 Å². The smallest absolute Gasteiger partial charge is 0.124 e. The summed E-state index contributed by atoms with van der Waals surface area (Å²) < 4.78 is 11.5. The fourth-order valence-electron chi connectivity index (χ4n) is 1.89. The van der Waals surface area contributed by atoms with Crippen molar-refractivity contribution in [2.75, 3.05) is 19.8 Å². The SMILES string of the molecule is CCNC(C)c1ccccc1OCCOC(C)(C)C. The normalized spacial score (nSPS) is 13.3. The molecule has 108 valence electrons. The zero-order valence-corrected chi connectivity index (χ0v) is 12.8. The van der Waals surface area contributed by atoms with Crippen LogP contribution in [0.1, 0.15) is 46.2 Å². The molecular weight excluding hydrogens is 238 g/mol. The first kappa shape index (κ1) is 16.0. The van der Waals surface area contributed by atoms with E-state index < -0.39 is 0 Å². The van der Waals surface area contributed by atoms with Crippen LogP contribution in [0.4, 0.5) is 0 Å². The van der Waals surface area contributed by atoms with Crippen molar-refractivity contribution in [2.45, 2.75) is 46.3 Å². The van der Waals surface area contributed by atoms with Gasteiger partial charge < -0.3 is 14.8 Å². The molecule has 0 saturated heterocycles. The molecule has 3 heteroatoms. The van der Waals surface area contributed by atoms with E-state index in [1.807, 2.05) is 39.0 Å². The Morgan fingerprint density at radius 3 is 2.47 bits per heavy atom. The van der Waals surface area contributed by atoms with E-state index in [-0.39, 0.29) is 5.60 Å². The van der Waals surface area contributed by atoms with Gasteiger partial charge in [-0.25, -0.2) is 0 Å². The predicted octanol–water partition coefficient (Wildman–Crippen LogP) is 3.55. The van der Waals surface area contributed by atoms with E-state index in [2.05, 4.69) is 25.2 Å². The second kappa shape index (κ2) is 7.51. The number of benzene rings is 1. The van der Waals surface area contributed by atoms with Crippen molar-refractivity contribution < 1.29 is 9.47 Å². The van der Waals surface area contributed by atoms with Gasteiger partial charge in [-0.05, 0) is 40.3 Å². The summed E-state index contributed by atoms with van der Waals surface area (Å²) in [5, 5.41) is 3.41. The fraction of sp³-hybridized carbons (Fsp3) is 0.625. The van der Waals surface area contributed by atoms with Gasteiger partial charge in [-0.3, -0.25) is 0 Å². The molecule has 0 amide bonds. The molecule has 1 N–H and O–H groups in total. The molecule has 1 aromatic rings. The lowest BCUT2D eigenvalue weighted by Gasteiger charge is -2.21. The van der Waals surface area contributed by atoms with Gasteiger partial charge in [0.15, 0.2) is 0 Å². The monoisotopic (exact) mass is 265 g/mol. The van der Waals surface area contributed by atoms with Gasteiger partial charge in [-0.15, -0.1) is 0 Å². The van der Waals surface area contributed by atoms with Crippen LogP contribution in [0.5, 0.6) is 5.75 Å². The highest BCUT2D eigenvalue weighted by atomic mass is 16.5. The maximum atomic E-state index is 5.84. The number of hydrogen-bond acceptors (Lipinski definition) is 3. The Balaban J connectivity index is 2.53. The van der Waals surface area contributed by atoms with E-state index in [4.69, 9.17) is 9.47 Å². The van der Waals surface area contributed by atoms with E-state index in [0.29, 0.717) is 19.3 Å². The highest BCUT2D eigenvalue weighted by Crippen LogP contribution is 2.24. The van der Waals surface area contributed by atoms with Crippen LogP contribution < -0.4 is 10.1 Å². The minimum absolute atomic E-state index is 0.111. The van der Waals surface area contributed by atoms with Crippen LogP contribution in [0.25, 0.3) is 0 Å². The number of para-hydroxylation sites is 1. The van der Waals surface area contributed by atoms with Crippen LogP contribution in [0.15, 0.2) is 24.3 Å². The first-order valence-electron chi connectivity index (χ1n) is 7.03. The largest absolute Gasteiger partial charge is 0.491 e. The summed E-state index contributed by atoms with van der Waals surface area (Å²) in [6.07, 6.45) is 0. The van der Waals surface area contributed by atoms with Crippen LogP contribution in [0.2, 0.25) is 0 Å². The molecule has 1 rings (SSSR count). The molecule has 0 heterocycles. The maximum absolute atomic E-state index is 5.84. The molecule has 3 nitrogen and oxygen atoms in total. The van der Waals surface area contributed by atoms with Gasteiger partial charge in [0.2, 0.25) is 0 Å². The minimum Gasteiger partial charge on any atom is -0.491 e. The molecule has 1 aromatic carbocycles. The molecule has 0 aliphatic carbocycles. The molecule has 0 bridgehead atoms. The summed E-state index contributed by atoms with van der Waals surface area (Å²) in [6, 6.07) is 8.46. The Bertz CT molecular complexity index is 371. The van der Waals surface area contributed by atoms with Crippen molar-refractivity contribution >= 4 is 0 Å². The molecule has 0 fully saturated rings. The van der Waals surface area contributed by atoms with Crippen molar-refractivity contribution in [3.05, 3.63) is 29.8 Å². The Morgan fingerprint density at radius 1 is 1.16 bits per heavy atom. The van der Waals surface area contributed by atoms with Crippen molar-refractivity contribution in [3.63, 3.8) is 0 Å². The summed E-state index contributed by atoms with van der Waals surface area (Å²) in [6.45, 7) is 12.5. The summed E-state index contributed by atoms with van der Waals surface area (Å²) in [4.78, 5) is 0. The van der Waals surface area contributed by atoms with Crippen molar-refractivity contribution in [2.24, 2.45) is 0 Å². The number of rotatable bonds is 7. The molecule has 0 aromatic heterocycles. The maximum Gasteiger partial charge on any atom is 0.124 e. The third-order valence-electron chi connectivity index (χ3n) is 2.77. The molecule has 1 atom stereocenters. The Labute approximate surface area is 117 Å². The zero-order chi connectivity index (χ0) is 14.3. The minimum atomic E-state index is -0.111. The highest BCUT2D eigenvalue weighted by molar-refractivity contribution is 5.35. The van der Waals surface area contributed by atoms with Crippen LogP contribution in [-0.4, -0.2) is 25.4 Å². The summed E-state index contributed by atoms with van der Waals surface area (Å²) in [7, 11) is 0. The van der Waals surface area contributed by atoms with Gasteiger partial charge >= 0.3 is 0 Å². The lowest BCUT2D eigenvalue weighted by Crippen LogP contribution is -2.23. The third-order valence-corrected chi connectivity index (χ3v) is 2.77. The average molecular weight is 265 g/mol. The van der Waals surface area contributed by atoms with Gasteiger partial charge in [0.1, 0.15) is 12.4 Å². The predicted molar refractivity (Wildman–Crippen MR) is 79.7 cm³/mol. The van der Waals surface area contributed by atoms with Crippen LogP contribution in [-0.2, 0) is 4.74 Å². The van der Waals surface area contributed by atoms with Crippen molar-refractivity contribution in [1.82, 2.24) is 5.32 Å². The Kier molecular flexibility index (Phi) is 6.32. The summed E-state index contributed by atoms with van der Waals surface area (Å²) in [5.74, 6) is 0.938. The second-order valence-electron chi connectivity index (χ2n) is 5.63. The molecule has 1 unspecified atom stereocenters. The molecular formula is C16H27NO2. The van der Waals surface area contributed by atoms with Crippen LogP contribution in [0, 0.1) is 0 Å². The topological polar surface area (TPSA) is 30.5 Å². The van der Waals surface area contributed by atoms with Gasteiger partial charge in [-0.2, -0.15) is 0 Å². The Hall–Kier alpha value is -1.06. The summed E-state index contributed by atoms with van der Waals surface area (Å²) >= 11 is 0. The lowest BCUT2D eigenvalue weighted by atomic mass is 10.1. The van der Waals surface area contributed by atoms with Crippen molar-refractivity contribution in [1.29, 1.82) is 0 Å². The molecule has 0 aliphatic rings. The zero-order valence-electron chi connectivity index (χ0n) is 12.8. The molecule has 19 heavy (non-hydrogen) atoms. The van der Waals surface area contributed by atoms with Crippen molar-refractivity contribution in [3.8, 4) is 5.75 Å². The van der Waals surface area contributed by atoms with E-state index in [1.54, 1.807) is 0 Å². The Morgan fingerprint density at radius 2 is 1.84 bits per heavy atom.